The molecule has 2 aromatic carbocycles. The van der Waals surface area contributed by atoms with Gasteiger partial charge in [-0.15, -0.1) is 0 Å². The monoisotopic (exact) mass is 447 g/mol. The normalized spacial score (nSPS) is 23.5. The van der Waals surface area contributed by atoms with Crippen molar-refractivity contribution in [1.82, 2.24) is 5.32 Å². The molecule has 0 saturated heterocycles. The van der Waals surface area contributed by atoms with Crippen LogP contribution < -0.4 is 10.1 Å². The third-order valence-corrected chi connectivity index (χ3v) is 6.12. The molecule has 0 aromatic heterocycles. The summed E-state index contributed by atoms with van der Waals surface area (Å²) in [6.45, 7) is -5.45. The Hall–Kier alpha value is -2.37. The zero-order chi connectivity index (χ0) is 30.2. The number of amides is 1. The number of methoxy groups -OCH3 is 1. The highest BCUT2D eigenvalue weighted by molar-refractivity contribution is 5.86. The van der Waals surface area contributed by atoms with Crippen LogP contribution in [0, 0.1) is 5.41 Å². The first-order chi connectivity index (χ1) is 18.3. The second-order valence-corrected chi connectivity index (χ2v) is 8.83. The van der Waals surface area contributed by atoms with Gasteiger partial charge in [0.05, 0.1) is 20.9 Å². The van der Waals surface area contributed by atoms with Crippen LogP contribution in [-0.2, 0) is 15.1 Å². The van der Waals surface area contributed by atoms with Crippen molar-refractivity contribution in [3.05, 3.63) is 65.7 Å². The van der Waals surface area contributed by atoms with Crippen molar-refractivity contribution < 1.29 is 30.3 Å². The van der Waals surface area contributed by atoms with Crippen molar-refractivity contribution in [3.8, 4) is 5.75 Å². The lowest BCUT2D eigenvalue weighted by Crippen LogP contribution is -2.49. The molecule has 2 aromatic rings. The highest BCUT2D eigenvalue weighted by atomic mass is 16.5. The lowest BCUT2D eigenvalue weighted by atomic mass is 9.89. The molecule has 0 unspecified atom stereocenters. The van der Waals surface area contributed by atoms with Crippen molar-refractivity contribution in [2.45, 2.75) is 70.5 Å². The molecule has 0 aliphatic heterocycles. The van der Waals surface area contributed by atoms with E-state index in [1.165, 1.54) is 43.3 Å². The molecule has 1 fully saturated rings. The molecule has 1 amide bonds. The molecule has 5 nitrogen and oxygen atoms in total. The van der Waals surface area contributed by atoms with Gasteiger partial charge in [-0.05, 0) is 56.7 Å². The number of carbonyl (C=O) groups excluding carboxylic acids is 1. The third kappa shape index (κ3) is 5.51. The molecule has 2 N–H and O–H groups in total. The van der Waals surface area contributed by atoms with Crippen molar-refractivity contribution in [3.63, 3.8) is 0 Å². The van der Waals surface area contributed by atoms with E-state index < -0.39 is 48.8 Å². The van der Waals surface area contributed by atoms with E-state index in [0.29, 0.717) is 12.8 Å². The van der Waals surface area contributed by atoms with E-state index in [2.05, 4.69) is 5.32 Å². The van der Waals surface area contributed by atoms with Crippen LogP contribution in [0.1, 0.15) is 81.4 Å². The molecule has 5 heteroatoms. The van der Waals surface area contributed by atoms with E-state index in [-0.39, 0.29) is 16.9 Å². The van der Waals surface area contributed by atoms with E-state index in [1.54, 1.807) is 18.2 Å². The minimum Gasteiger partial charge on any atom is -0.493 e. The molecule has 0 radical (unpaired) electrons. The summed E-state index contributed by atoms with van der Waals surface area (Å²) in [4.78, 5) is 13.4. The van der Waals surface area contributed by atoms with Gasteiger partial charge in [0.1, 0.15) is 5.75 Å². The Kier molecular flexibility index (Phi) is 4.66. The summed E-state index contributed by atoms with van der Waals surface area (Å²) in [5.74, 6) is -0.890. The SMILES string of the molecule is [2H]C([2H])([2H])C(OC)([C@H](NC(=O)[C@](C)(O)c1ccccc1)c1ccc(OC([2H])([2H])C2(C)CCCC2)cc1)C([2H])([2H])[2H]. The maximum absolute atomic E-state index is 13.4. The van der Waals surface area contributed by atoms with E-state index in [4.69, 9.17) is 20.4 Å². The van der Waals surface area contributed by atoms with Gasteiger partial charge in [0, 0.05) is 20.7 Å². The van der Waals surface area contributed by atoms with Gasteiger partial charge < -0.3 is 19.9 Å². The van der Waals surface area contributed by atoms with Crippen LogP contribution in [0.25, 0.3) is 0 Å². The summed E-state index contributed by atoms with van der Waals surface area (Å²) in [5.41, 5.74) is -5.47. The van der Waals surface area contributed by atoms with Crippen molar-refractivity contribution in [2.24, 2.45) is 5.41 Å². The van der Waals surface area contributed by atoms with Gasteiger partial charge in [0.25, 0.3) is 5.91 Å². The second-order valence-electron chi connectivity index (χ2n) is 8.83. The molecule has 0 bridgehead atoms. The third-order valence-electron chi connectivity index (χ3n) is 6.12. The molecule has 0 heterocycles. The average Bonchev–Trinajstić information content (AvgIpc) is 3.31. The number of hydrogen-bond acceptors (Lipinski definition) is 4. The summed E-state index contributed by atoms with van der Waals surface area (Å²) >= 11 is 0. The predicted molar refractivity (Wildman–Crippen MR) is 126 cm³/mol. The Bertz CT molecular complexity index is 1140. The predicted octanol–water partition coefficient (Wildman–Crippen LogP) is 5.14. The number of carbonyl (C=O) groups is 1. The Balaban J connectivity index is 2.06. The number of nitrogens with one attached hydrogen (secondary N) is 1. The fraction of sp³-hybridized carbons (Fsp3) is 0.519. The standard InChI is InChI=1S/C27H37NO4/c1-25(2,31-5)23(28-24(29)27(4,30)21-11-7-6-8-12-21)20-13-15-22(16-14-20)32-19-26(3)17-9-10-18-26/h6-8,11-16,23,30H,9-10,17-19H2,1-5H3,(H,28,29)/t23-,27-/m1/s1/i1D3,2D3,19D2. The maximum atomic E-state index is 13.4. The van der Waals surface area contributed by atoms with Crippen molar-refractivity contribution in [2.75, 3.05) is 13.7 Å². The minimum atomic E-state index is -3.26. The van der Waals surface area contributed by atoms with Crippen LogP contribution in [-0.4, -0.2) is 30.3 Å². The van der Waals surface area contributed by atoms with Crippen LogP contribution in [0.15, 0.2) is 54.6 Å². The summed E-state index contributed by atoms with van der Waals surface area (Å²) in [6.07, 6.45) is 3.13. The molecule has 1 aliphatic carbocycles. The Labute approximate surface area is 203 Å². The van der Waals surface area contributed by atoms with Crippen LogP contribution in [0.5, 0.6) is 5.75 Å². The fourth-order valence-electron chi connectivity index (χ4n) is 3.87. The van der Waals surface area contributed by atoms with Gasteiger partial charge in [0.2, 0.25) is 0 Å². The molecular weight excluding hydrogens is 402 g/mol. The molecule has 3 rings (SSSR count). The Morgan fingerprint density at radius 3 is 2.38 bits per heavy atom. The van der Waals surface area contributed by atoms with E-state index >= 15 is 0 Å². The Morgan fingerprint density at radius 1 is 1.19 bits per heavy atom. The largest absolute Gasteiger partial charge is 0.493 e. The quantitative estimate of drug-likeness (QED) is 0.559. The van der Waals surface area contributed by atoms with Crippen LogP contribution >= 0.6 is 0 Å². The van der Waals surface area contributed by atoms with Gasteiger partial charge in [-0.2, -0.15) is 0 Å². The molecular formula is C27H37NO4. The van der Waals surface area contributed by atoms with E-state index in [1.807, 2.05) is 6.92 Å². The first-order valence-electron chi connectivity index (χ1n) is 14.8. The van der Waals surface area contributed by atoms with Gasteiger partial charge in [-0.25, -0.2) is 0 Å². The summed E-state index contributed by atoms with van der Waals surface area (Å²) in [5, 5.41) is 13.5. The first-order valence-corrected chi connectivity index (χ1v) is 10.8. The number of rotatable bonds is 9. The zero-order valence-corrected chi connectivity index (χ0v) is 18.8. The number of benzene rings is 2. The van der Waals surface area contributed by atoms with E-state index in [0.717, 1.165) is 20.0 Å². The van der Waals surface area contributed by atoms with Gasteiger partial charge in [0.15, 0.2) is 5.60 Å². The van der Waals surface area contributed by atoms with E-state index in [9.17, 15) is 9.90 Å². The minimum absolute atomic E-state index is 0.0475. The van der Waals surface area contributed by atoms with Gasteiger partial charge in [-0.1, -0.05) is 62.2 Å². The van der Waals surface area contributed by atoms with Crippen LogP contribution in [0.2, 0.25) is 0 Å². The summed E-state index contributed by atoms with van der Waals surface area (Å²) in [7, 11) is 0.946. The fourth-order valence-corrected chi connectivity index (χ4v) is 3.87. The summed E-state index contributed by atoms with van der Waals surface area (Å²) in [6, 6.07) is 11.7. The molecule has 1 aliphatic rings. The highest BCUT2D eigenvalue weighted by Crippen LogP contribution is 2.38. The van der Waals surface area contributed by atoms with Crippen molar-refractivity contribution in [1.29, 1.82) is 0 Å². The summed E-state index contributed by atoms with van der Waals surface area (Å²) < 4.78 is 77.1. The van der Waals surface area contributed by atoms with Crippen LogP contribution in [0.3, 0.4) is 0 Å². The highest BCUT2D eigenvalue weighted by Gasteiger charge is 2.38. The van der Waals surface area contributed by atoms with Crippen LogP contribution in [0.4, 0.5) is 0 Å². The lowest BCUT2D eigenvalue weighted by molar-refractivity contribution is -0.142. The smallest absolute Gasteiger partial charge is 0.256 e. The number of aliphatic hydroxyl groups is 1. The lowest BCUT2D eigenvalue weighted by Gasteiger charge is -2.36. The second kappa shape index (κ2) is 9.63. The molecule has 0 spiro atoms. The Morgan fingerprint density at radius 2 is 1.81 bits per heavy atom. The number of ether oxygens (including phenoxy) is 2. The number of hydrogen-bond donors (Lipinski definition) is 2. The average molecular weight is 448 g/mol. The maximum Gasteiger partial charge on any atom is 0.256 e. The molecule has 1 saturated carbocycles. The molecule has 32 heavy (non-hydrogen) atoms. The topological polar surface area (TPSA) is 67.8 Å². The van der Waals surface area contributed by atoms with Crippen molar-refractivity contribution >= 4 is 5.91 Å². The van der Waals surface area contributed by atoms with Gasteiger partial charge >= 0.3 is 0 Å². The van der Waals surface area contributed by atoms with Gasteiger partial charge in [-0.3, -0.25) is 4.79 Å². The molecule has 174 valence electrons. The molecule has 2 atom stereocenters. The zero-order valence-electron chi connectivity index (χ0n) is 26.8. The first kappa shape index (κ1) is 15.5.